The summed E-state index contributed by atoms with van der Waals surface area (Å²) in [6.45, 7) is 1.90. The van der Waals surface area contributed by atoms with E-state index in [1.54, 1.807) is 23.4 Å². The SMILES string of the molecule is Cc1cc(N/C=c2\[nH][nH]c(=O)c2=CN(C)C)c(Cl)cc1Cl. The lowest BCUT2D eigenvalue weighted by Gasteiger charge is -2.06. The van der Waals surface area contributed by atoms with Gasteiger partial charge in [-0.05, 0) is 24.6 Å². The van der Waals surface area contributed by atoms with E-state index in [2.05, 4.69) is 15.5 Å². The highest BCUT2D eigenvalue weighted by Crippen LogP contribution is 2.28. The van der Waals surface area contributed by atoms with Gasteiger partial charge < -0.3 is 10.2 Å². The predicted octanol–water partition coefficient (Wildman–Crippen LogP) is 1.47. The molecule has 0 aliphatic carbocycles. The molecule has 1 heterocycles. The molecule has 1 aromatic heterocycles. The van der Waals surface area contributed by atoms with Crippen molar-refractivity contribution in [2.75, 3.05) is 19.4 Å². The van der Waals surface area contributed by atoms with Crippen molar-refractivity contribution in [2.45, 2.75) is 6.92 Å². The van der Waals surface area contributed by atoms with E-state index in [0.717, 1.165) is 11.3 Å². The zero-order valence-corrected chi connectivity index (χ0v) is 13.4. The summed E-state index contributed by atoms with van der Waals surface area (Å²) in [4.78, 5) is 13.5. The third kappa shape index (κ3) is 3.62. The fraction of sp³-hybridized carbons (Fsp3) is 0.214. The van der Waals surface area contributed by atoms with Crippen molar-refractivity contribution in [3.8, 4) is 0 Å². The van der Waals surface area contributed by atoms with Gasteiger partial charge in [-0.3, -0.25) is 15.0 Å². The minimum Gasteiger partial charge on any atom is -0.383 e. The quantitative estimate of drug-likeness (QED) is 0.800. The summed E-state index contributed by atoms with van der Waals surface area (Å²) in [5.74, 6) is 0. The molecule has 0 saturated heterocycles. The molecule has 112 valence electrons. The minimum atomic E-state index is -0.185. The van der Waals surface area contributed by atoms with Crippen molar-refractivity contribution in [3.05, 3.63) is 48.7 Å². The Morgan fingerprint density at radius 1 is 1.19 bits per heavy atom. The van der Waals surface area contributed by atoms with Crippen molar-refractivity contribution in [1.82, 2.24) is 15.1 Å². The fourth-order valence-corrected chi connectivity index (χ4v) is 2.24. The van der Waals surface area contributed by atoms with Crippen molar-refractivity contribution >= 4 is 41.3 Å². The number of nitrogens with zero attached hydrogens (tertiary/aromatic N) is 1. The Morgan fingerprint density at radius 2 is 1.90 bits per heavy atom. The van der Waals surface area contributed by atoms with Crippen molar-refractivity contribution in [3.63, 3.8) is 0 Å². The summed E-state index contributed by atoms with van der Waals surface area (Å²) < 4.78 is 0. The lowest BCUT2D eigenvalue weighted by Crippen LogP contribution is -2.35. The highest BCUT2D eigenvalue weighted by atomic mass is 35.5. The van der Waals surface area contributed by atoms with Crippen LogP contribution >= 0.6 is 23.2 Å². The van der Waals surface area contributed by atoms with Crippen LogP contribution in [0.2, 0.25) is 10.0 Å². The van der Waals surface area contributed by atoms with Gasteiger partial charge in [-0.15, -0.1) is 0 Å². The summed E-state index contributed by atoms with van der Waals surface area (Å²) in [6.07, 6.45) is 3.42. The van der Waals surface area contributed by atoms with Gasteiger partial charge in [0.05, 0.1) is 21.3 Å². The van der Waals surface area contributed by atoms with Crippen molar-refractivity contribution < 1.29 is 0 Å². The van der Waals surface area contributed by atoms with E-state index < -0.39 is 0 Å². The van der Waals surface area contributed by atoms with Gasteiger partial charge in [0.15, 0.2) is 0 Å². The second-order valence-electron chi connectivity index (χ2n) is 4.87. The summed E-state index contributed by atoms with van der Waals surface area (Å²) in [6, 6.07) is 3.53. The van der Waals surface area contributed by atoms with Crippen molar-refractivity contribution in [2.24, 2.45) is 0 Å². The molecule has 0 amide bonds. The molecule has 0 unspecified atom stereocenters. The number of rotatable bonds is 3. The van der Waals surface area contributed by atoms with Crippen LogP contribution in [0.1, 0.15) is 5.56 Å². The minimum absolute atomic E-state index is 0.185. The number of aryl methyl sites for hydroxylation is 1. The van der Waals surface area contributed by atoms with Gasteiger partial charge in [-0.25, -0.2) is 0 Å². The molecule has 21 heavy (non-hydrogen) atoms. The van der Waals surface area contributed by atoms with E-state index in [4.69, 9.17) is 23.2 Å². The maximum Gasteiger partial charge on any atom is 0.273 e. The molecule has 0 aliphatic heterocycles. The number of halogens is 2. The van der Waals surface area contributed by atoms with Crippen LogP contribution in [0.3, 0.4) is 0 Å². The largest absolute Gasteiger partial charge is 0.383 e. The maximum atomic E-state index is 11.7. The molecule has 7 heteroatoms. The number of nitrogens with one attached hydrogen (secondary N) is 3. The first kappa shape index (κ1) is 15.5. The Bertz CT molecular complexity index is 820. The maximum absolute atomic E-state index is 11.7. The molecule has 0 fully saturated rings. The first-order chi connectivity index (χ1) is 9.88. The zero-order valence-electron chi connectivity index (χ0n) is 11.9. The van der Waals surface area contributed by atoms with E-state index in [1.807, 2.05) is 27.1 Å². The van der Waals surface area contributed by atoms with E-state index >= 15 is 0 Å². The normalized spacial score (nSPS) is 12.8. The molecule has 0 radical (unpaired) electrons. The second kappa shape index (κ2) is 6.28. The smallest absolute Gasteiger partial charge is 0.273 e. The first-order valence-electron chi connectivity index (χ1n) is 6.26. The lowest BCUT2D eigenvalue weighted by atomic mass is 10.2. The van der Waals surface area contributed by atoms with Crippen LogP contribution in [0, 0.1) is 6.92 Å². The van der Waals surface area contributed by atoms with Crippen LogP contribution in [0.4, 0.5) is 5.69 Å². The number of aromatic amines is 2. The highest BCUT2D eigenvalue weighted by molar-refractivity contribution is 6.36. The van der Waals surface area contributed by atoms with Crippen LogP contribution in [0.25, 0.3) is 12.4 Å². The third-order valence-electron chi connectivity index (χ3n) is 2.85. The molecule has 2 aromatic rings. The highest BCUT2D eigenvalue weighted by Gasteiger charge is 2.03. The van der Waals surface area contributed by atoms with E-state index in [0.29, 0.717) is 20.6 Å². The van der Waals surface area contributed by atoms with Gasteiger partial charge in [0.25, 0.3) is 5.56 Å². The van der Waals surface area contributed by atoms with E-state index in [9.17, 15) is 4.79 Å². The molecule has 0 saturated carbocycles. The van der Waals surface area contributed by atoms with E-state index in [-0.39, 0.29) is 5.56 Å². The average Bonchev–Trinajstić information content (AvgIpc) is 2.73. The Kier molecular flexibility index (Phi) is 4.65. The molecule has 5 nitrogen and oxygen atoms in total. The number of anilines is 1. The molecule has 0 spiro atoms. The van der Waals surface area contributed by atoms with Crippen LogP contribution in [-0.4, -0.2) is 29.2 Å². The number of benzene rings is 1. The van der Waals surface area contributed by atoms with Crippen molar-refractivity contribution in [1.29, 1.82) is 0 Å². The molecule has 0 bridgehead atoms. The van der Waals surface area contributed by atoms with E-state index in [1.165, 1.54) is 0 Å². The third-order valence-corrected chi connectivity index (χ3v) is 3.57. The summed E-state index contributed by atoms with van der Waals surface area (Å²) >= 11 is 12.1. The zero-order chi connectivity index (χ0) is 15.6. The van der Waals surface area contributed by atoms with Crippen LogP contribution in [0.5, 0.6) is 0 Å². The van der Waals surface area contributed by atoms with Gasteiger partial charge in [0.2, 0.25) is 0 Å². The van der Waals surface area contributed by atoms with Gasteiger partial charge in [-0.2, -0.15) is 0 Å². The Morgan fingerprint density at radius 3 is 2.57 bits per heavy atom. The van der Waals surface area contributed by atoms with Gasteiger partial charge >= 0.3 is 0 Å². The summed E-state index contributed by atoms with van der Waals surface area (Å²) in [5.41, 5.74) is 1.45. The molecule has 0 aliphatic rings. The number of hydrogen-bond donors (Lipinski definition) is 3. The number of H-pyrrole nitrogens is 2. The number of hydrogen-bond acceptors (Lipinski definition) is 3. The van der Waals surface area contributed by atoms with Gasteiger partial charge in [-0.1, -0.05) is 23.2 Å². The Hall–Kier alpha value is -1.85. The molecule has 3 N–H and O–H groups in total. The first-order valence-corrected chi connectivity index (χ1v) is 7.01. The Balaban J connectivity index is 2.44. The predicted molar refractivity (Wildman–Crippen MR) is 88.1 cm³/mol. The average molecular weight is 327 g/mol. The second-order valence-corrected chi connectivity index (χ2v) is 5.68. The molecular formula is C14H16Cl2N4O. The van der Waals surface area contributed by atoms with Crippen LogP contribution in [0.15, 0.2) is 16.9 Å². The fourth-order valence-electron chi connectivity index (χ4n) is 1.80. The Labute approximate surface area is 131 Å². The van der Waals surface area contributed by atoms with Crippen LogP contribution in [-0.2, 0) is 0 Å². The topological polar surface area (TPSA) is 63.9 Å². The molecule has 0 atom stereocenters. The van der Waals surface area contributed by atoms with Crippen LogP contribution < -0.4 is 21.4 Å². The molecular weight excluding hydrogens is 311 g/mol. The number of aromatic nitrogens is 2. The molecule has 2 rings (SSSR count). The lowest BCUT2D eigenvalue weighted by molar-refractivity contribution is 0.613. The monoisotopic (exact) mass is 326 g/mol. The summed E-state index contributed by atoms with van der Waals surface area (Å²) in [5, 5.41) is 10.7. The van der Waals surface area contributed by atoms with Gasteiger partial charge in [0, 0.05) is 31.5 Å². The summed E-state index contributed by atoms with van der Waals surface area (Å²) in [7, 11) is 3.70. The standard InChI is InChI=1S/C14H16Cl2N4O/c1-8-4-12(11(16)5-10(8)15)17-6-13-9(7-20(2)3)14(21)19-18-13/h4-7,17-18H,1-3H3,(H,19,21)/b9-7?,13-6-. The molecule has 1 aromatic carbocycles. The van der Waals surface area contributed by atoms with Gasteiger partial charge in [0.1, 0.15) is 0 Å².